The van der Waals surface area contributed by atoms with Crippen molar-refractivity contribution in [1.82, 2.24) is 21.3 Å². The molecule has 0 bridgehead atoms. The van der Waals surface area contributed by atoms with E-state index in [0.29, 0.717) is 45.1 Å². The number of rotatable bonds is 19. The molecule has 0 aromatic rings. The van der Waals surface area contributed by atoms with Gasteiger partial charge in [0.2, 0.25) is 0 Å². The number of aliphatic hydroxyl groups excluding tert-OH is 6. The molecule has 9 fully saturated rings. The average Bonchev–Trinajstić information content (AvgIpc) is 0.793. The first-order valence-corrected chi connectivity index (χ1v) is 34.0. The van der Waals surface area contributed by atoms with Gasteiger partial charge in [0.25, 0.3) is 0 Å². The fourth-order valence-electron chi connectivity index (χ4n) is 14.6. The highest BCUT2D eigenvalue weighted by atomic mass is 16.7. The van der Waals surface area contributed by atoms with Crippen LogP contribution in [-0.4, -0.2) is 331 Å². The molecule has 564 valence electrons. The molecular formula is C60H123N15O21. The second-order valence-electron chi connectivity index (χ2n) is 28.8. The second-order valence-corrected chi connectivity index (χ2v) is 28.8. The Balaban J connectivity index is 0.000000203. The molecule has 3 saturated carbocycles. The summed E-state index contributed by atoms with van der Waals surface area (Å²) >= 11 is 0. The van der Waals surface area contributed by atoms with E-state index in [1.807, 2.05) is 20.9 Å². The van der Waals surface area contributed by atoms with Crippen LogP contribution in [0.15, 0.2) is 0 Å². The van der Waals surface area contributed by atoms with E-state index in [1.54, 1.807) is 41.9 Å². The SMILES string of the molecule is CN[C@@H]1[C@@H](O)[C@@H](O[C@@H]2[C@@H](O)[C@H](O[C@H]3O[C@@H]([C@@H](C)N)CC[C@H]3N)[C@@H](N)C[C@H]2N)OC[C@]1(C)O.CN[C@@H]1[C@@H](O)[C@@H](O[C@@H]2[C@@H](O)[C@H](O[C@H]3O[C@@H]([C@@H](C)NC)CC[C@H]3N)[C@@H](N)C[C@H]2N)OC[C@]1(C)O.CN[C@@H]1[C@@H](O)[C@@H](O[C@@H]2[C@@H](O)[C@H](O[C@H]3O[C@H](CN)CC[C@H]3N)[C@@H](N)C[C@H]2N)OC[C@]1(C)O. The zero-order chi connectivity index (χ0) is 71.2. The van der Waals surface area contributed by atoms with Gasteiger partial charge in [-0.1, -0.05) is 0 Å². The van der Waals surface area contributed by atoms with Gasteiger partial charge in [-0.25, -0.2) is 0 Å². The third-order valence-corrected chi connectivity index (χ3v) is 20.6. The zero-order valence-electron chi connectivity index (χ0n) is 57.2. The molecule has 0 spiro atoms. The van der Waals surface area contributed by atoms with Gasteiger partial charge in [-0.05, 0) is 121 Å². The highest BCUT2D eigenvalue weighted by molar-refractivity contribution is 5.06. The molecule has 6 saturated heterocycles. The minimum Gasteiger partial charge on any atom is -0.388 e. The van der Waals surface area contributed by atoms with Crippen LogP contribution >= 0.6 is 0 Å². The van der Waals surface area contributed by atoms with Crippen molar-refractivity contribution in [2.75, 3.05) is 54.6 Å². The molecular weight excluding hydrogens is 1270 g/mol. The molecule has 35 N–H and O–H groups in total. The molecule has 6 aliphatic heterocycles. The van der Waals surface area contributed by atoms with E-state index in [4.69, 9.17) is 120 Å². The summed E-state index contributed by atoms with van der Waals surface area (Å²) in [5, 5.41) is 108. The molecule has 36 nitrogen and oxygen atoms in total. The van der Waals surface area contributed by atoms with E-state index >= 15 is 0 Å². The molecule has 96 heavy (non-hydrogen) atoms. The van der Waals surface area contributed by atoms with Crippen molar-refractivity contribution in [1.29, 1.82) is 0 Å². The Morgan fingerprint density at radius 2 is 0.667 bits per heavy atom. The molecule has 6 heterocycles. The van der Waals surface area contributed by atoms with E-state index in [0.717, 1.165) is 19.3 Å². The van der Waals surface area contributed by atoms with Crippen LogP contribution in [0.1, 0.15) is 92.4 Å². The molecule has 0 unspecified atom stereocenters. The summed E-state index contributed by atoms with van der Waals surface area (Å²) in [5.41, 5.74) is 63.8. The lowest BCUT2D eigenvalue weighted by Crippen LogP contribution is -2.68. The van der Waals surface area contributed by atoms with Crippen molar-refractivity contribution in [2.45, 2.75) is 323 Å². The van der Waals surface area contributed by atoms with Crippen LogP contribution in [0.5, 0.6) is 0 Å². The lowest BCUT2D eigenvalue weighted by atomic mass is 9.84. The van der Waals surface area contributed by atoms with Gasteiger partial charge in [-0.2, -0.15) is 0 Å². The highest BCUT2D eigenvalue weighted by Gasteiger charge is 2.55. The standard InChI is InChI=1S/C21H43N5O7.C20H41N5O7.C19H39N5O7/c1-9(25-3)13-6-5-10(22)19(31-13)32-16-11(23)7-12(24)17(14(16)27)33-20-15(28)18(26-4)21(2,29)8-30-20;1-8(21)12-5-4-9(22)18(30-12)31-15-10(23)6-11(24)16(13(15)26)32-19-14(27)17(25-3)20(2,28)7-29-19;1-19(27)7-28-18(13(26)16(19)24-2)31-15-11(23)5-10(22)14(12(15)25)30-17-9(21)4-3-8(6-20)29-17/h9-20,25-29H,5-8,22-24H2,1-4H3;8-19,25-28H,4-7,21-24H2,1-3H3;8-18,24-27H,3-7,20-23H2,1-2H3/t9-,10-,11+,12-,13-,14+,15-,16-,17+,18-,19-,20-,21+;8-,9-,10+,11-,12-,13+,14-,15-,16+,17-,18-,19-,20+;8-,9+,10-,11+,12-,13+,14+,15-,16+,17+,18+,19-/m110/s1. The van der Waals surface area contributed by atoms with Crippen molar-refractivity contribution >= 4 is 0 Å². The molecule has 9 rings (SSSR count). The second kappa shape index (κ2) is 35.4. The number of likely N-dealkylation sites (N-methyl/N-ethyl adjacent to an activating group) is 4. The zero-order valence-corrected chi connectivity index (χ0v) is 57.2. The van der Waals surface area contributed by atoms with Gasteiger partial charge in [-0.3, -0.25) is 0 Å². The minimum absolute atomic E-state index is 0.0620. The third kappa shape index (κ3) is 19.5. The summed E-state index contributed by atoms with van der Waals surface area (Å²) in [6.45, 7) is 8.70. The average molecular weight is 1390 g/mol. The maximum atomic E-state index is 11.1. The molecule has 0 amide bonds. The van der Waals surface area contributed by atoms with Gasteiger partial charge in [0.15, 0.2) is 37.7 Å². The first kappa shape index (κ1) is 81.9. The Bertz CT molecular complexity index is 2320. The van der Waals surface area contributed by atoms with E-state index in [-0.39, 0.29) is 68.3 Å². The lowest BCUT2D eigenvalue weighted by molar-refractivity contribution is -0.307. The van der Waals surface area contributed by atoms with E-state index < -0.39 is 182 Å². The van der Waals surface area contributed by atoms with Crippen molar-refractivity contribution in [2.24, 2.45) is 63.1 Å². The van der Waals surface area contributed by atoms with Gasteiger partial charge >= 0.3 is 0 Å². The number of ether oxygens (including phenoxy) is 12. The fourth-order valence-corrected chi connectivity index (χ4v) is 14.6. The predicted octanol–water partition coefficient (Wildman–Crippen LogP) is -10.9. The monoisotopic (exact) mass is 1390 g/mol. The summed E-state index contributed by atoms with van der Waals surface area (Å²) in [4.78, 5) is 0. The van der Waals surface area contributed by atoms with Gasteiger partial charge in [0, 0.05) is 54.9 Å². The van der Waals surface area contributed by atoms with Crippen LogP contribution < -0.4 is 84.3 Å². The Hall–Kier alpha value is -1.44. The van der Waals surface area contributed by atoms with Crippen molar-refractivity contribution in [3.8, 4) is 0 Å². The Morgan fingerprint density at radius 3 is 0.948 bits per heavy atom. The van der Waals surface area contributed by atoms with Gasteiger partial charge in [0.05, 0.1) is 74.4 Å². The Kier molecular flexibility index (Phi) is 30.1. The van der Waals surface area contributed by atoms with Crippen LogP contribution in [0.4, 0.5) is 0 Å². The van der Waals surface area contributed by atoms with E-state index in [1.165, 1.54) is 0 Å². The van der Waals surface area contributed by atoms with Crippen LogP contribution in [0.2, 0.25) is 0 Å². The predicted molar refractivity (Wildman–Crippen MR) is 345 cm³/mol. The van der Waals surface area contributed by atoms with Crippen LogP contribution in [0, 0.1) is 0 Å². The maximum absolute atomic E-state index is 11.1. The quantitative estimate of drug-likeness (QED) is 0.0571. The number of aliphatic hydroxyl groups is 9. The van der Waals surface area contributed by atoms with E-state index in [2.05, 4.69) is 21.3 Å². The molecule has 0 aromatic carbocycles. The van der Waals surface area contributed by atoms with Crippen LogP contribution in [0.25, 0.3) is 0 Å². The van der Waals surface area contributed by atoms with Crippen molar-refractivity contribution in [3.63, 3.8) is 0 Å². The van der Waals surface area contributed by atoms with Crippen molar-refractivity contribution < 1.29 is 103 Å². The minimum atomic E-state index is -1.29. The summed E-state index contributed by atoms with van der Waals surface area (Å²) in [6.07, 6.45) is -13.3. The summed E-state index contributed by atoms with van der Waals surface area (Å²) in [7, 11) is 6.74. The topological polar surface area (TPSA) is 627 Å². The highest BCUT2D eigenvalue weighted by Crippen LogP contribution is 2.36. The number of nitrogens with two attached hydrogens (primary N) is 11. The summed E-state index contributed by atoms with van der Waals surface area (Å²) in [5.74, 6) is 0. The van der Waals surface area contributed by atoms with Gasteiger partial charge < -0.3 is 187 Å². The fraction of sp³-hybridized carbons (Fsp3) is 1.00. The number of hydrogen-bond acceptors (Lipinski definition) is 36. The van der Waals surface area contributed by atoms with Crippen LogP contribution in [0.3, 0.4) is 0 Å². The van der Waals surface area contributed by atoms with Gasteiger partial charge in [0.1, 0.15) is 90.1 Å². The number of nitrogens with one attached hydrogen (secondary N) is 4. The van der Waals surface area contributed by atoms with Crippen LogP contribution in [-0.2, 0) is 56.8 Å². The Morgan fingerprint density at radius 1 is 0.396 bits per heavy atom. The Labute approximate surface area is 563 Å². The van der Waals surface area contributed by atoms with E-state index in [9.17, 15) is 46.0 Å². The first-order valence-electron chi connectivity index (χ1n) is 34.0. The molecule has 9 aliphatic rings. The van der Waals surface area contributed by atoms with Crippen molar-refractivity contribution in [3.05, 3.63) is 0 Å². The molecule has 0 radical (unpaired) electrons. The maximum Gasteiger partial charge on any atom is 0.185 e. The smallest absolute Gasteiger partial charge is 0.185 e. The summed E-state index contributed by atoms with van der Waals surface area (Å²) < 4.78 is 70.4. The molecule has 38 atom stereocenters. The normalized spacial score (nSPS) is 51.0. The summed E-state index contributed by atoms with van der Waals surface area (Å²) in [6, 6.07) is -6.84. The number of hydrogen-bond donors (Lipinski definition) is 24. The first-order chi connectivity index (χ1) is 45.0. The molecule has 36 heteroatoms. The molecule has 3 aliphatic carbocycles. The van der Waals surface area contributed by atoms with Gasteiger partial charge in [-0.15, -0.1) is 0 Å². The third-order valence-electron chi connectivity index (χ3n) is 20.6. The molecule has 0 aromatic heterocycles. The lowest BCUT2D eigenvalue weighted by Gasteiger charge is -2.48. The largest absolute Gasteiger partial charge is 0.388 e.